The fourth-order valence-corrected chi connectivity index (χ4v) is 4.05. The molecule has 144 valence electrons. The van der Waals surface area contributed by atoms with Crippen LogP contribution in [0, 0.1) is 11.8 Å². The van der Waals surface area contributed by atoms with Crippen LogP contribution in [0.2, 0.25) is 0 Å². The molecule has 27 heavy (non-hydrogen) atoms. The lowest BCUT2D eigenvalue weighted by atomic mass is 9.78. The van der Waals surface area contributed by atoms with Gasteiger partial charge in [-0.05, 0) is 78.3 Å². The molecule has 0 bridgehead atoms. The molecule has 1 aliphatic carbocycles. The minimum Gasteiger partial charge on any atom is -0.427 e. The first-order valence-corrected chi connectivity index (χ1v) is 10.5. The van der Waals surface area contributed by atoms with Crippen LogP contribution in [0.1, 0.15) is 64.0 Å². The van der Waals surface area contributed by atoms with Gasteiger partial charge >= 0.3 is 5.97 Å². The molecule has 1 aliphatic rings. The van der Waals surface area contributed by atoms with Crippen LogP contribution < -0.4 is 4.74 Å². The quantitative estimate of drug-likeness (QED) is 0.408. The largest absolute Gasteiger partial charge is 0.427 e. The van der Waals surface area contributed by atoms with Crippen LogP contribution in [0.3, 0.4) is 0 Å². The molecule has 2 aromatic rings. The number of ether oxygens (including phenoxy) is 1. The van der Waals surface area contributed by atoms with Crippen LogP contribution in [-0.4, -0.2) is 5.97 Å². The molecule has 0 saturated heterocycles. The maximum Gasteiger partial charge on any atom is 0.311 e. The number of carbonyl (C=O) groups is 1. The van der Waals surface area contributed by atoms with Crippen LogP contribution in [0.15, 0.2) is 42.5 Å². The third kappa shape index (κ3) is 5.22. The van der Waals surface area contributed by atoms with Crippen LogP contribution in [0.25, 0.3) is 11.1 Å². The van der Waals surface area contributed by atoms with E-state index in [1.165, 1.54) is 54.4 Å². The van der Waals surface area contributed by atoms with E-state index in [2.05, 4.69) is 32.0 Å². The van der Waals surface area contributed by atoms with Gasteiger partial charge in [0.25, 0.3) is 0 Å². The number of fused-ring (bicyclic) bond motifs is 1. The zero-order valence-corrected chi connectivity index (χ0v) is 17.0. The van der Waals surface area contributed by atoms with E-state index in [1.807, 2.05) is 31.2 Å². The van der Waals surface area contributed by atoms with Crippen molar-refractivity contribution in [3.8, 4) is 16.9 Å². The Morgan fingerprint density at radius 1 is 1.07 bits per heavy atom. The van der Waals surface area contributed by atoms with Crippen molar-refractivity contribution in [2.24, 2.45) is 11.8 Å². The van der Waals surface area contributed by atoms with Crippen molar-refractivity contribution in [1.82, 2.24) is 0 Å². The third-order valence-electron chi connectivity index (χ3n) is 5.84. The molecule has 2 heteroatoms. The van der Waals surface area contributed by atoms with Crippen molar-refractivity contribution in [2.75, 3.05) is 0 Å². The summed E-state index contributed by atoms with van der Waals surface area (Å²) in [6.45, 7) is 6.65. The molecule has 0 spiro atoms. The summed E-state index contributed by atoms with van der Waals surface area (Å²) in [7, 11) is 0. The molecule has 2 nitrogen and oxygen atoms in total. The summed E-state index contributed by atoms with van der Waals surface area (Å²) in [6.07, 6.45) is 7.65. The van der Waals surface area contributed by atoms with Crippen molar-refractivity contribution >= 4 is 5.97 Å². The molecule has 0 amide bonds. The number of hydrogen-bond donors (Lipinski definition) is 0. The Bertz CT molecular complexity index is 760. The minimum atomic E-state index is -0.161. The van der Waals surface area contributed by atoms with Crippen molar-refractivity contribution < 1.29 is 9.53 Å². The van der Waals surface area contributed by atoms with Crippen LogP contribution >= 0.6 is 0 Å². The summed E-state index contributed by atoms with van der Waals surface area (Å²) in [5.74, 6) is 2.14. The Hall–Kier alpha value is -2.09. The number of aryl methyl sites for hydroxylation is 1. The first-order chi connectivity index (χ1) is 13.1. The van der Waals surface area contributed by atoms with E-state index in [1.54, 1.807) is 0 Å². The molecule has 0 radical (unpaired) electrons. The van der Waals surface area contributed by atoms with Gasteiger partial charge < -0.3 is 4.74 Å². The summed E-state index contributed by atoms with van der Waals surface area (Å²) in [5.41, 5.74) is 5.46. The standard InChI is InChI=1S/C25H32O2/c1-4-6-25(26)27-24-13-11-20(12-14-24)22-10-9-21-16-19(15-18(3)5-2)7-8-23(21)17-22/h9-14,17-19H,4-8,15-16H2,1-3H3. The van der Waals surface area contributed by atoms with Gasteiger partial charge in [-0.3, -0.25) is 4.79 Å². The molecule has 2 unspecified atom stereocenters. The highest BCUT2D eigenvalue weighted by Crippen LogP contribution is 2.33. The molecule has 0 saturated carbocycles. The first kappa shape index (κ1) is 19.7. The fraction of sp³-hybridized carbons (Fsp3) is 0.480. The Morgan fingerprint density at radius 2 is 1.81 bits per heavy atom. The smallest absolute Gasteiger partial charge is 0.311 e. The van der Waals surface area contributed by atoms with Gasteiger partial charge in [-0.1, -0.05) is 57.5 Å². The number of benzene rings is 2. The lowest BCUT2D eigenvalue weighted by Gasteiger charge is -2.27. The Balaban J connectivity index is 1.68. The van der Waals surface area contributed by atoms with Gasteiger partial charge in [0, 0.05) is 6.42 Å². The molecular weight excluding hydrogens is 332 g/mol. The van der Waals surface area contributed by atoms with Gasteiger partial charge in [0.1, 0.15) is 5.75 Å². The molecule has 2 atom stereocenters. The topological polar surface area (TPSA) is 26.3 Å². The van der Waals surface area contributed by atoms with Crippen molar-refractivity contribution in [1.29, 1.82) is 0 Å². The molecule has 0 aromatic heterocycles. The average Bonchev–Trinajstić information content (AvgIpc) is 2.68. The van der Waals surface area contributed by atoms with E-state index in [0.29, 0.717) is 12.2 Å². The minimum absolute atomic E-state index is 0.161. The highest BCUT2D eigenvalue weighted by atomic mass is 16.5. The molecule has 0 N–H and O–H groups in total. The first-order valence-electron chi connectivity index (χ1n) is 10.5. The molecule has 0 fully saturated rings. The second-order valence-electron chi connectivity index (χ2n) is 8.09. The van der Waals surface area contributed by atoms with Gasteiger partial charge in [0.05, 0.1) is 0 Å². The van der Waals surface area contributed by atoms with Gasteiger partial charge in [0.15, 0.2) is 0 Å². The lowest BCUT2D eigenvalue weighted by Crippen LogP contribution is -2.16. The van der Waals surface area contributed by atoms with Crippen molar-refractivity contribution in [2.45, 2.75) is 65.7 Å². The van der Waals surface area contributed by atoms with Crippen molar-refractivity contribution in [3.05, 3.63) is 53.6 Å². The summed E-state index contributed by atoms with van der Waals surface area (Å²) < 4.78 is 5.35. The lowest BCUT2D eigenvalue weighted by molar-refractivity contribution is -0.134. The van der Waals surface area contributed by atoms with Gasteiger partial charge in [-0.25, -0.2) is 0 Å². The number of esters is 1. The van der Waals surface area contributed by atoms with E-state index < -0.39 is 0 Å². The molecule has 3 rings (SSSR count). The molecule has 0 heterocycles. The monoisotopic (exact) mass is 364 g/mol. The number of hydrogen-bond acceptors (Lipinski definition) is 2. The predicted octanol–water partition coefficient (Wildman–Crippen LogP) is 6.60. The second kappa shape index (κ2) is 9.21. The normalized spacial score (nSPS) is 17.2. The Morgan fingerprint density at radius 3 is 2.52 bits per heavy atom. The summed E-state index contributed by atoms with van der Waals surface area (Å²) >= 11 is 0. The SMILES string of the molecule is CCCC(=O)Oc1ccc(-c2ccc3c(c2)CCC(CC(C)CC)C3)cc1. The van der Waals surface area contributed by atoms with E-state index in [9.17, 15) is 4.79 Å². The molecule has 0 aliphatic heterocycles. The third-order valence-corrected chi connectivity index (χ3v) is 5.84. The maximum atomic E-state index is 11.6. The summed E-state index contributed by atoms with van der Waals surface area (Å²) in [6, 6.07) is 14.8. The molecular formula is C25H32O2. The fourth-order valence-electron chi connectivity index (χ4n) is 4.05. The van der Waals surface area contributed by atoms with Crippen LogP contribution in [0.4, 0.5) is 0 Å². The number of carbonyl (C=O) groups excluding carboxylic acids is 1. The number of rotatable bonds is 7. The van der Waals surface area contributed by atoms with Crippen molar-refractivity contribution in [3.63, 3.8) is 0 Å². The second-order valence-corrected chi connectivity index (χ2v) is 8.09. The maximum absolute atomic E-state index is 11.6. The Labute approximate surface area is 164 Å². The molecule has 2 aromatic carbocycles. The van der Waals surface area contributed by atoms with Gasteiger partial charge in [0.2, 0.25) is 0 Å². The zero-order chi connectivity index (χ0) is 19.2. The van der Waals surface area contributed by atoms with E-state index >= 15 is 0 Å². The highest BCUT2D eigenvalue weighted by molar-refractivity contribution is 5.73. The van der Waals surface area contributed by atoms with Gasteiger partial charge in [-0.15, -0.1) is 0 Å². The highest BCUT2D eigenvalue weighted by Gasteiger charge is 2.20. The van der Waals surface area contributed by atoms with Crippen LogP contribution in [0.5, 0.6) is 5.75 Å². The van der Waals surface area contributed by atoms with Crippen LogP contribution in [-0.2, 0) is 17.6 Å². The Kier molecular flexibility index (Phi) is 6.71. The van der Waals surface area contributed by atoms with E-state index in [4.69, 9.17) is 4.74 Å². The average molecular weight is 365 g/mol. The van der Waals surface area contributed by atoms with E-state index in [-0.39, 0.29) is 5.97 Å². The summed E-state index contributed by atoms with van der Waals surface area (Å²) in [4.78, 5) is 11.6. The summed E-state index contributed by atoms with van der Waals surface area (Å²) in [5, 5.41) is 0. The zero-order valence-electron chi connectivity index (χ0n) is 17.0. The van der Waals surface area contributed by atoms with E-state index in [0.717, 1.165) is 18.3 Å². The van der Waals surface area contributed by atoms with Gasteiger partial charge in [-0.2, -0.15) is 0 Å². The predicted molar refractivity (Wildman–Crippen MR) is 112 cm³/mol.